The smallest absolute Gasteiger partial charge is 0.208 e. The average molecular weight is 248 g/mol. The Balaban J connectivity index is 1.71. The predicted molar refractivity (Wildman–Crippen MR) is 71.0 cm³/mol. The van der Waals surface area contributed by atoms with Crippen molar-refractivity contribution in [2.24, 2.45) is 0 Å². The van der Waals surface area contributed by atoms with E-state index in [9.17, 15) is 0 Å². The van der Waals surface area contributed by atoms with E-state index in [4.69, 9.17) is 5.73 Å². The van der Waals surface area contributed by atoms with Crippen LogP contribution in [0.2, 0.25) is 0 Å². The summed E-state index contributed by atoms with van der Waals surface area (Å²) < 4.78 is 0. The van der Waals surface area contributed by atoms with Gasteiger partial charge in [-0.15, -0.1) is 5.10 Å². The summed E-state index contributed by atoms with van der Waals surface area (Å²) in [6.45, 7) is 1.91. The number of hydrogen-bond donors (Lipinski definition) is 2. The van der Waals surface area contributed by atoms with Gasteiger partial charge in [-0.25, -0.2) is 4.98 Å². The summed E-state index contributed by atoms with van der Waals surface area (Å²) in [6, 6.07) is 8.05. The molecule has 3 N–H and O–H groups in total. The molecule has 0 spiro atoms. The average Bonchev–Trinajstić information content (AvgIpc) is 2.73. The monoisotopic (exact) mass is 248 g/mol. The first kappa shape index (κ1) is 12.0. The van der Waals surface area contributed by atoms with E-state index in [1.807, 2.05) is 19.1 Å². The Bertz CT molecular complexity index is 464. The fourth-order valence-electron chi connectivity index (χ4n) is 1.51. The summed E-state index contributed by atoms with van der Waals surface area (Å²) in [5.74, 6) is 1.90. The highest BCUT2D eigenvalue weighted by atomic mass is 32.2. The van der Waals surface area contributed by atoms with Crippen LogP contribution >= 0.6 is 11.8 Å². The van der Waals surface area contributed by atoms with E-state index in [0.717, 1.165) is 35.3 Å². The molecule has 0 unspecified atom stereocenters. The summed E-state index contributed by atoms with van der Waals surface area (Å²) in [5, 5.41) is 7.75. The zero-order valence-electron chi connectivity index (χ0n) is 9.81. The van der Waals surface area contributed by atoms with Gasteiger partial charge in [0.2, 0.25) is 5.16 Å². The Morgan fingerprint density at radius 2 is 2.06 bits per heavy atom. The van der Waals surface area contributed by atoms with E-state index in [0.29, 0.717) is 0 Å². The Hall–Kier alpha value is -1.49. The molecule has 1 heterocycles. The van der Waals surface area contributed by atoms with Crippen LogP contribution < -0.4 is 5.73 Å². The quantitative estimate of drug-likeness (QED) is 0.484. The summed E-state index contributed by atoms with van der Waals surface area (Å²) in [7, 11) is 0. The van der Waals surface area contributed by atoms with Gasteiger partial charge in [-0.3, -0.25) is 5.10 Å². The Labute approximate surface area is 105 Å². The lowest BCUT2D eigenvalue weighted by Gasteiger charge is -2.00. The van der Waals surface area contributed by atoms with E-state index in [2.05, 4.69) is 27.3 Å². The number of nitrogens with one attached hydrogen (secondary N) is 1. The van der Waals surface area contributed by atoms with Crippen molar-refractivity contribution in [3.05, 3.63) is 35.7 Å². The number of nitrogens with two attached hydrogens (primary N) is 1. The molecule has 0 radical (unpaired) electrons. The largest absolute Gasteiger partial charge is 0.399 e. The topological polar surface area (TPSA) is 67.6 Å². The van der Waals surface area contributed by atoms with E-state index < -0.39 is 0 Å². The summed E-state index contributed by atoms with van der Waals surface area (Å²) >= 11 is 1.69. The van der Waals surface area contributed by atoms with Crippen LogP contribution in [0, 0.1) is 6.92 Å². The highest BCUT2D eigenvalue weighted by Gasteiger charge is 2.00. The van der Waals surface area contributed by atoms with Gasteiger partial charge < -0.3 is 5.73 Å². The van der Waals surface area contributed by atoms with Gasteiger partial charge >= 0.3 is 0 Å². The number of H-pyrrole nitrogens is 1. The second-order valence-corrected chi connectivity index (χ2v) is 4.96. The molecule has 4 nitrogen and oxygen atoms in total. The molecule has 0 fully saturated rings. The van der Waals surface area contributed by atoms with Crippen LogP contribution in [0.25, 0.3) is 0 Å². The maximum Gasteiger partial charge on any atom is 0.208 e. The highest BCUT2D eigenvalue weighted by molar-refractivity contribution is 7.99. The molecular weight excluding hydrogens is 232 g/mol. The molecule has 5 heteroatoms. The van der Waals surface area contributed by atoms with E-state index >= 15 is 0 Å². The molecule has 0 aliphatic heterocycles. The molecule has 0 atom stereocenters. The van der Waals surface area contributed by atoms with Crippen molar-refractivity contribution in [1.29, 1.82) is 0 Å². The van der Waals surface area contributed by atoms with E-state index in [1.165, 1.54) is 5.56 Å². The van der Waals surface area contributed by atoms with Gasteiger partial charge in [-0.1, -0.05) is 23.9 Å². The number of anilines is 1. The van der Waals surface area contributed by atoms with E-state index in [1.54, 1.807) is 11.8 Å². The number of thioether (sulfide) groups is 1. The van der Waals surface area contributed by atoms with Gasteiger partial charge in [-0.05, 0) is 37.5 Å². The Morgan fingerprint density at radius 3 is 2.71 bits per heavy atom. The summed E-state index contributed by atoms with van der Waals surface area (Å²) in [4.78, 5) is 4.25. The molecular formula is C12H16N4S. The van der Waals surface area contributed by atoms with Gasteiger partial charge in [0.1, 0.15) is 5.82 Å². The number of nitrogen functional groups attached to an aromatic ring is 1. The Kier molecular flexibility index (Phi) is 4.03. The molecule has 1 aromatic carbocycles. The SMILES string of the molecule is Cc1nc(SCCCc2ccc(N)cc2)n[nH]1. The van der Waals surface area contributed by atoms with Crippen molar-refractivity contribution < 1.29 is 0 Å². The molecule has 2 rings (SSSR count). The maximum absolute atomic E-state index is 5.64. The summed E-state index contributed by atoms with van der Waals surface area (Å²) in [5.41, 5.74) is 7.78. The second kappa shape index (κ2) is 5.72. The number of nitrogens with zero attached hydrogens (tertiary/aromatic N) is 2. The van der Waals surface area contributed by atoms with Crippen molar-refractivity contribution in [3.63, 3.8) is 0 Å². The van der Waals surface area contributed by atoms with Gasteiger partial charge in [-0.2, -0.15) is 0 Å². The van der Waals surface area contributed by atoms with Crippen LogP contribution in [0.5, 0.6) is 0 Å². The first-order valence-electron chi connectivity index (χ1n) is 5.60. The standard InChI is InChI=1S/C12H16N4S/c1-9-14-12(16-15-9)17-8-2-3-10-4-6-11(13)7-5-10/h4-7H,2-3,8,13H2,1H3,(H,14,15,16). The number of rotatable bonds is 5. The number of benzene rings is 1. The minimum Gasteiger partial charge on any atom is -0.399 e. The molecule has 0 amide bonds. The molecule has 90 valence electrons. The third-order valence-electron chi connectivity index (χ3n) is 2.40. The zero-order chi connectivity index (χ0) is 12.1. The van der Waals surface area contributed by atoms with Gasteiger partial charge in [0.25, 0.3) is 0 Å². The van der Waals surface area contributed by atoms with Gasteiger partial charge in [0, 0.05) is 11.4 Å². The number of aromatic amines is 1. The summed E-state index contributed by atoms with van der Waals surface area (Å²) in [6.07, 6.45) is 2.18. The lowest BCUT2D eigenvalue weighted by molar-refractivity contribution is 0.921. The third-order valence-corrected chi connectivity index (χ3v) is 3.33. The van der Waals surface area contributed by atoms with Crippen molar-refractivity contribution in [2.75, 3.05) is 11.5 Å². The highest BCUT2D eigenvalue weighted by Crippen LogP contribution is 2.15. The van der Waals surface area contributed by atoms with Crippen molar-refractivity contribution in [2.45, 2.75) is 24.9 Å². The molecule has 0 bridgehead atoms. The second-order valence-electron chi connectivity index (χ2n) is 3.90. The minimum atomic E-state index is 0.819. The maximum atomic E-state index is 5.64. The fourth-order valence-corrected chi connectivity index (χ4v) is 2.29. The van der Waals surface area contributed by atoms with Crippen molar-refractivity contribution in [3.8, 4) is 0 Å². The minimum absolute atomic E-state index is 0.819. The fraction of sp³-hybridized carbons (Fsp3) is 0.333. The van der Waals surface area contributed by atoms with Crippen LogP contribution in [0.4, 0.5) is 5.69 Å². The predicted octanol–water partition coefficient (Wildman–Crippen LogP) is 2.42. The lowest BCUT2D eigenvalue weighted by atomic mass is 10.1. The third kappa shape index (κ3) is 3.78. The number of hydrogen-bond acceptors (Lipinski definition) is 4. The molecule has 0 saturated heterocycles. The Morgan fingerprint density at radius 1 is 1.29 bits per heavy atom. The van der Waals surface area contributed by atoms with Crippen molar-refractivity contribution in [1.82, 2.24) is 15.2 Å². The van der Waals surface area contributed by atoms with Crippen LogP contribution in [-0.4, -0.2) is 20.9 Å². The molecule has 0 aliphatic rings. The first-order chi connectivity index (χ1) is 8.24. The zero-order valence-corrected chi connectivity index (χ0v) is 10.6. The van der Waals surface area contributed by atoms with Crippen LogP contribution in [0.1, 0.15) is 17.8 Å². The van der Waals surface area contributed by atoms with E-state index in [-0.39, 0.29) is 0 Å². The number of aromatic nitrogens is 3. The van der Waals surface area contributed by atoms with Gasteiger partial charge in [0.05, 0.1) is 0 Å². The van der Waals surface area contributed by atoms with Crippen LogP contribution in [0.3, 0.4) is 0 Å². The lowest BCUT2D eigenvalue weighted by Crippen LogP contribution is -1.90. The van der Waals surface area contributed by atoms with Crippen molar-refractivity contribution >= 4 is 17.4 Å². The molecule has 2 aromatic rings. The molecule has 1 aromatic heterocycles. The van der Waals surface area contributed by atoms with Crippen LogP contribution in [0.15, 0.2) is 29.4 Å². The molecule has 0 saturated carbocycles. The molecule has 17 heavy (non-hydrogen) atoms. The molecule has 0 aliphatic carbocycles. The normalized spacial score (nSPS) is 10.6. The first-order valence-corrected chi connectivity index (χ1v) is 6.59. The van der Waals surface area contributed by atoms with Gasteiger partial charge in [0.15, 0.2) is 0 Å². The number of aryl methyl sites for hydroxylation is 2. The van der Waals surface area contributed by atoms with Crippen LogP contribution in [-0.2, 0) is 6.42 Å².